The van der Waals surface area contributed by atoms with Gasteiger partial charge in [0.2, 0.25) is 0 Å². The van der Waals surface area contributed by atoms with Crippen LogP contribution in [0.1, 0.15) is 70.3 Å². The molecule has 194 valence electrons. The quantitative estimate of drug-likeness (QED) is 0.368. The second-order valence-electron chi connectivity index (χ2n) is 10.6. The van der Waals surface area contributed by atoms with Gasteiger partial charge in [-0.1, -0.05) is 26.8 Å². The third kappa shape index (κ3) is 6.80. The zero-order valence-corrected chi connectivity index (χ0v) is 22.2. The van der Waals surface area contributed by atoms with Crippen LogP contribution in [0.2, 0.25) is 0 Å². The van der Waals surface area contributed by atoms with Crippen molar-refractivity contribution < 1.29 is 18.8 Å². The van der Waals surface area contributed by atoms with Gasteiger partial charge in [0.15, 0.2) is 5.13 Å². The Kier molecular flexibility index (Phi) is 7.73. The molecule has 9 heteroatoms. The average molecular weight is 523 g/mol. The van der Waals surface area contributed by atoms with Gasteiger partial charge in [0.05, 0.1) is 0 Å². The van der Waals surface area contributed by atoms with E-state index in [2.05, 4.69) is 20.9 Å². The third-order valence-corrected chi connectivity index (χ3v) is 6.79. The lowest BCUT2D eigenvalue weighted by molar-refractivity contribution is 0.0935. The number of nitrogens with one attached hydrogen (secondary N) is 3. The first-order valence-corrected chi connectivity index (χ1v) is 13.1. The number of hydrogen-bond donors (Lipinski definition) is 3. The van der Waals surface area contributed by atoms with Gasteiger partial charge in [-0.15, -0.1) is 11.3 Å². The highest BCUT2D eigenvalue weighted by atomic mass is 32.1. The van der Waals surface area contributed by atoms with Gasteiger partial charge in [0, 0.05) is 41.4 Å². The molecule has 0 atom stereocenters. The summed E-state index contributed by atoms with van der Waals surface area (Å²) in [5.41, 5.74) is 1.65. The Morgan fingerprint density at radius 3 is 2.38 bits per heavy atom. The molecule has 1 saturated carbocycles. The molecule has 3 amide bonds. The molecule has 3 aromatic rings. The van der Waals surface area contributed by atoms with Crippen molar-refractivity contribution in [1.82, 2.24) is 15.6 Å². The van der Waals surface area contributed by atoms with E-state index >= 15 is 4.39 Å². The monoisotopic (exact) mass is 522 g/mol. The first kappa shape index (κ1) is 26.5. The number of nitrogens with zero attached hydrogens (tertiary/aromatic N) is 1. The number of rotatable bonds is 8. The summed E-state index contributed by atoms with van der Waals surface area (Å²) in [5, 5.41) is 10.6. The molecule has 0 bridgehead atoms. The van der Waals surface area contributed by atoms with Crippen molar-refractivity contribution in [3.05, 3.63) is 70.0 Å². The Bertz CT molecular complexity index is 1330. The lowest BCUT2D eigenvalue weighted by Crippen LogP contribution is -2.32. The largest absolute Gasteiger partial charge is 0.352 e. The Morgan fingerprint density at radius 1 is 1.00 bits per heavy atom. The summed E-state index contributed by atoms with van der Waals surface area (Å²) in [4.78, 5) is 43.0. The van der Waals surface area contributed by atoms with Crippen LogP contribution in [0.5, 0.6) is 0 Å². The summed E-state index contributed by atoms with van der Waals surface area (Å²) in [7, 11) is 0. The second kappa shape index (κ2) is 10.8. The molecule has 7 nitrogen and oxygen atoms in total. The number of thiazole rings is 1. The maximum Gasteiger partial charge on any atom is 0.258 e. The molecule has 2 aromatic carbocycles. The first-order valence-electron chi connectivity index (χ1n) is 12.2. The van der Waals surface area contributed by atoms with Gasteiger partial charge in [0.1, 0.15) is 5.82 Å². The van der Waals surface area contributed by atoms with Crippen LogP contribution in [-0.4, -0.2) is 35.8 Å². The molecule has 3 N–H and O–H groups in total. The topological polar surface area (TPSA) is 100 Å². The fraction of sp³-hybridized carbons (Fsp3) is 0.357. The molecule has 1 aliphatic rings. The van der Waals surface area contributed by atoms with E-state index in [0.29, 0.717) is 46.4 Å². The normalized spacial score (nSPS) is 13.2. The van der Waals surface area contributed by atoms with Crippen LogP contribution in [0.15, 0.2) is 41.9 Å². The lowest BCUT2D eigenvalue weighted by Gasteiger charge is -2.19. The standard InChI is InChI=1S/C28H31FN4O3S/c1-16-21(12-19(13-23(16)29)25(35)31-14-17-5-6-17)20-8-7-18(24(34)32-15-28(2,3)4)11-22(20)26(36)33-27-30-9-10-37-27/h7-13,17H,5-6,14-15H2,1-4H3,(H,31,35)(H,32,34)(H,30,33,36). The number of halogens is 1. The van der Waals surface area contributed by atoms with E-state index in [1.807, 2.05) is 20.8 Å². The Labute approximate surface area is 219 Å². The van der Waals surface area contributed by atoms with Crippen molar-refractivity contribution in [3.63, 3.8) is 0 Å². The predicted molar refractivity (Wildman–Crippen MR) is 143 cm³/mol. The molecule has 0 unspecified atom stereocenters. The fourth-order valence-electron chi connectivity index (χ4n) is 3.76. The van der Waals surface area contributed by atoms with Gasteiger partial charge < -0.3 is 10.6 Å². The summed E-state index contributed by atoms with van der Waals surface area (Å²) < 4.78 is 15.0. The lowest BCUT2D eigenvalue weighted by atomic mass is 9.91. The second-order valence-corrected chi connectivity index (χ2v) is 11.5. The third-order valence-electron chi connectivity index (χ3n) is 6.10. The number of aromatic nitrogens is 1. The van der Waals surface area contributed by atoms with Crippen LogP contribution in [0.3, 0.4) is 0 Å². The van der Waals surface area contributed by atoms with E-state index < -0.39 is 11.7 Å². The van der Waals surface area contributed by atoms with E-state index in [1.54, 1.807) is 36.7 Å². The summed E-state index contributed by atoms with van der Waals surface area (Å²) in [6.07, 6.45) is 3.74. The predicted octanol–water partition coefficient (Wildman–Crippen LogP) is 5.43. The summed E-state index contributed by atoms with van der Waals surface area (Å²) in [6.45, 7) is 8.64. The number of carbonyl (C=O) groups is 3. The van der Waals surface area contributed by atoms with Gasteiger partial charge in [-0.2, -0.15) is 0 Å². The molecule has 0 radical (unpaired) electrons. The fourth-order valence-corrected chi connectivity index (χ4v) is 4.28. The molecule has 4 rings (SSSR count). The number of benzene rings is 2. The minimum Gasteiger partial charge on any atom is -0.352 e. The number of carbonyl (C=O) groups excluding carboxylic acids is 3. The summed E-state index contributed by atoms with van der Waals surface area (Å²) in [5.74, 6) is -1.23. The van der Waals surface area contributed by atoms with Crippen LogP contribution < -0.4 is 16.0 Å². The SMILES string of the molecule is Cc1c(F)cc(C(=O)NCC2CC2)cc1-c1ccc(C(=O)NCC(C)(C)C)cc1C(=O)Nc1nccs1. The minimum atomic E-state index is -0.549. The minimum absolute atomic E-state index is 0.115. The summed E-state index contributed by atoms with van der Waals surface area (Å²) in [6, 6.07) is 7.52. The zero-order valence-electron chi connectivity index (χ0n) is 21.4. The van der Waals surface area contributed by atoms with E-state index in [-0.39, 0.29) is 28.4 Å². The number of hydrogen-bond acceptors (Lipinski definition) is 5. The number of amides is 3. The van der Waals surface area contributed by atoms with Crippen LogP contribution in [0, 0.1) is 24.1 Å². The van der Waals surface area contributed by atoms with Gasteiger partial charge in [-0.3, -0.25) is 19.7 Å². The smallest absolute Gasteiger partial charge is 0.258 e. The maximum absolute atomic E-state index is 15.0. The van der Waals surface area contributed by atoms with E-state index in [1.165, 1.54) is 23.5 Å². The number of anilines is 1. The highest BCUT2D eigenvalue weighted by Gasteiger charge is 2.24. The maximum atomic E-state index is 15.0. The molecule has 1 fully saturated rings. The molecule has 1 aliphatic carbocycles. The van der Waals surface area contributed by atoms with Gasteiger partial charge in [-0.05, 0) is 72.1 Å². The first-order chi connectivity index (χ1) is 17.5. The molecule has 0 aliphatic heterocycles. The van der Waals surface area contributed by atoms with Crippen molar-refractivity contribution >= 4 is 34.2 Å². The van der Waals surface area contributed by atoms with Crippen LogP contribution >= 0.6 is 11.3 Å². The van der Waals surface area contributed by atoms with Gasteiger partial charge in [0.25, 0.3) is 17.7 Å². The average Bonchev–Trinajstić information content (AvgIpc) is 3.55. The van der Waals surface area contributed by atoms with Crippen LogP contribution in [0.4, 0.5) is 9.52 Å². The van der Waals surface area contributed by atoms with Crippen LogP contribution in [0.25, 0.3) is 11.1 Å². The molecule has 0 spiro atoms. The Hall–Kier alpha value is -3.59. The van der Waals surface area contributed by atoms with Crippen molar-refractivity contribution in [2.24, 2.45) is 11.3 Å². The molecular formula is C28H31FN4O3S. The van der Waals surface area contributed by atoms with Crippen molar-refractivity contribution in [1.29, 1.82) is 0 Å². The van der Waals surface area contributed by atoms with Crippen molar-refractivity contribution in [2.45, 2.75) is 40.5 Å². The van der Waals surface area contributed by atoms with Gasteiger partial charge >= 0.3 is 0 Å². The Morgan fingerprint density at radius 2 is 1.73 bits per heavy atom. The molecule has 0 saturated heterocycles. The molecule has 37 heavy (non-hydrogen) atoms. The highest BCUT2D eigenvalue weighted by molar-refractivity contribution is 7.13. The van der Waals surface area contributed by atoms with Crippen LogP contribution in [-0.2, 0) is 0 Å². The van der Waals surface area contributed by atoms with E-state index in [0.717, 1.165) is 12.8 Å². The van der Waals surface area contributed by atoms with Crippen molar-refractivity contribution in [3.8, 4) is 11.1 Å². The van der Waals surface area contributed by atoms with E-state index in [9.17, 15) is 14.4 Å². The van der Waals surface area contributed by atoms with E-state index in [4.69, 9.17) is 0 Å². The summed E-state index contributed by atoms with van der Waals surface area (Å²) >= 11 is 1.26. The molecule has 1 aromatic heterocycles. The zero-order chi connectivity index (χ0) is 26.7. The van der Waals surface area contributed by atoms with Crippen molar-refractivity contribution in [2.75, 3.05) is 18.4 Å². The molecule has 1 heterocycles. The van der Waals surface area contributed by atoms with Gasteiger partial charge in [-0.25, -0.2) is 9.37 Å². The Balaban J connectivity index is 1.73. The molecular weight excluding hydrogens is 491 g/mol. The highest BCUT2D eigenvalue weighted by Crippen LogP contribution is 2.32.